The number of carbonyl (C=O) groups is 2. The minimum Gasteiger partial charge on any atom is -0.342 e. The Morgan fingerprint density at radius 1 is 1.16 bits per heavy atom. The third-order valence-corrected chi connectivity index (χ3v) is 6.54. The number of likely N-dealkylation sites (tertiary alicyclic amines) is 1. The number of hydrogen-bond acceptors (Lipinski definition) is 5. The molecule has 160 valence electrons. The van der Waals surface area contributed by atoms with Gasteiger partial charge in [-0.1, -0.05) is 41.4 Å². The van der Waals surface area contributed by atoms with Gasteiger partial charge in [0, 0.05) is 36.1 Å². The van der Waals surface area contributed by atoms with Crippen molar-refractivity contribution in [3.8, 4) is 10.6 Å². The molecular formula is C23H23ClN4O2S. The van der Waals surface area contributed by atoms with Gasteiger partial charge in [-0.05, 0) is 31.9 Å². The van der Waals surface area contributed by atoms with E-state index in [1.807, 2.05) is 10.3 Å². The summed E-state index contributed by atoms with van der Waals surface area (Å²) in [6.45, 7) is 3.19. The first-order chi connectivity index (χ1) is 15.0. The van der Waals surface area contributed by atoms with E-state index < -0.39 is 0 Å². The summed E-state index contributed by atoms with van der Waals surface area (Å²) >= 11 is 7.38. The summed E-state index contributed by atoms with van der Waals surface area (Å²) in [4.78, 5) is 35.8. The van der Waals surface area contributed by atoms with Crippen LogP contribution in [0.5, 0.6) is 0 Å². The van der Waals surface area contributed by atoms with Gasteiger partial charge in [0.25, 0.3) is 0 Å². The highest BCUT2D eigenvalue weighted by Crippen LogP contribution is 2.25. The van der Waals surface area contributed by atoms with Crippen LogP contribution in [0.2, 0.25) is 5.02 Å². The number of nitrogens with zero attached hydrogens (tertiary/aromatic N) is 3. The summed E-state index contributed by atoms with van der Waals surface area (Å²) in [6, 6.07) is 11.6. The highest BCUT2D eigenvalue weighted by Gasteiger charge is 2.27. The molecule has 1 saturated heterocycles. The summed E-state index contributed by atoms with van der Waals surface area (Å²) in [5.41, 5.74) is 3.06. The highest BCUT2D eigenvalue weighted by molar-refractivity contribution is 7.13. The van der Waals surface area contributed by atoms with E-state index in [-0.39, 0.29) is 24.2 Å². The van der Waals surface area contributed by atoms with Crippen molar-refractivity contribution in [1.82, 2.24) is 14.9 Å². The van der Waals surface area contributed by atoms with Crippen molar-refractivity contribution in [3.63, 3.8) is 0 Å². The molecule has 1 aliphatic heterocycles. The molecule has 0 bridgehead atoms. The van der Waals surface area contributed by atoms with Crippen molar-refractivity contribution in [1.29, 1.82) is 0 Å². The van der Waals surface area contributed by atoms with Gasteiger partial charge in [-0.25, -0.2) is 9.97 Å². The van der Waals surface area contributed by atoms with Crippen LogP contribution in [-0.2, 0) is 16.0 Å². The maximum atomic E-state index is 12.7. The molecule has 8 heteroatoms. The topological polar surface area (TPSA) is 75.2 Å². The van der Waals surface area contributed by atoms with Gasteiger partial charge in [0.15, 0.2) is 0 Å². The van der Waals surface area contributed by atoms with E-state index in [1.54, 1.807) is 23.5 Å². The zero-order valence-electron chi connectivity index (χ0n) is 17.2. The van der Waals surface area contributed by atoms with Crippen molar-refractivity contribution in [2.45, 2.75) is 26.2 Å². The number of hydrogen-bond donors (Lipinski definition) is 1. The molecule has 2 aromatic heterocycles. The number of carbonyl (C=O) groups excluding carboxylic acids is 2. The standard InChI is InChI=1S/C23H23ClN4O2S/c1-15-2-4-17(5-3-15)23-26-19(14-31-23)12-21(29)28-10-8-16(9-11-28)22(30)27-20-7-6-18(24)13-25-20/h2-7,13-14,16H,8-12H2,1H3,(H,25,27,30). The first-order valence-electron chi connectivity index (χ1n) is 10.2. The number of amides is 2. The number of aryl methyl sites for hydroxylation is 1. The minimum atomic E-state index is -0.131. The Hall–Kier alpha value is -2.77. The van der Waals surface area contributed by atoms with Crippen LogP contribution >= 0.6 is 22.9 Å². The van der Waals surface area contributed by atoms with E-state index in [0.29, 0.717) is 36.8 Å². The fourth-order valence-electron chi connectivity index (χ4n) is 3.55. The fourth-order valence-corrected chi connectivity index (χ4v) is 4.49. The molecule has 31 heavy (non-hydrogen) atoms. The molecule has 0 atom stereocenters. The zero-order chi connectivity index (χ0) is 21.8. The highest BCUT2D eigenvalue weighted by atomic mass is 35.5. The van der Waals surface area contributed by atoms with Gasteiger partial charge in [-0.3, -0.25) is 9.59 Å². The average molecular weight is 455 g/mol. The number of piperidine rings is 1. The number of thiazole rings is 1. The van der Waals surface area contributed by atoms with Crippen LogP contribution < -0.4 is 5.32 Å². The minimum absolute atomic E-state index is 0.0546. The molecule has 6 nitrogen and oxygen atoms in total. The van der Waals surface area contributed by atoms with Gasteiger partial charge in [-0.15, -0.1) is 11.3 Å². The zero-order valence-corrected chi connectivity index (χ0v) is 18.7. The van der Waals surface area contributed by atoms with E-state index >= 15 is 0 Å². The van der Waals surface area contributed by atoms with Crippen LogP contribution in [0.15, 0.2) is 48.0 Å². The second-order valence-corrected chi connectivity index (χ2v) is 8.99. The molecule has 1 aliphatic rings. The molecule has 2 amide bonds. The molecule has 1 fully saturated rings. The predicted molar refractivity (Wildman–Crippen MR) is 123 cm³/mol. The Kier molecular flexibility index (Phi) is 6.63. The van der Waals surface area contributed by atoms with Crippen molar-refractivity contribution in [2.75, 3.05) is 18.4 Å². The first-order valence-corrected chi connectivity index (χ1v) is 11.5. The van der Waals surface area contributed by atoms with Crippen molar-refractivity contribution in [3.05, 3.63) is 64.3 Å². The summed E-state index contributed by atoms with van der Waals surface area (Å²) in [6.07, 6.45) is 3.06. The largest absolute Gasteiger partial charge is 0.342 e. The maximum Gasteiger partial charge on any atom is 0.228 e. The van der Waals surface area contributed by atoms with Crippen LogP contribution in [-0.4, -0.2) is 39.8 Å². The normalized spacial score (nSPS) is 14.5. The van der Waals surface area contributed by atoms with Crippen LogP contribution in [0.1, 0.15) is 24.1 Å². The van der Waals surface area contributed by atoms with E-state index in [1.165, 1.54) is 11.8 Å². The Bertz CT molecular complexity index is 1060. The van der Waals surface area contributed by atoms with Crippen LogP contribution in [0, 0.1) is 12.8 Å². The quantitative estimate of drug-likeness (QED) is 0.612. The van der Waals surface area contributed by atoms with Gasteiger partial charge in [0.2, 0.25) is 11.8 Å². The number of halogens is 1. The van der Waals surface area contributed by atoms with Crippen molar-refractivity contribution >= 4 is 40.6 Å². The lowest BCUT2D eigenvalue weighted by atomic mass is 9.95. The first kappa shape index (κ1) is 21.5. The molecule has 1 aromatic carbocycles. The number of anilines is 1. The monoisotopic (exact) mass is 454 g/mol. The van der Waals surface area contributed by atoms with Crippen LogP contribution in [0.4, 0.5) is 5.82 Å². The third kappa shape index (κ3) is 5.48. The average Bonchev–Trinajstić information content (AvgIpc) is 3.24. The van der Waals surface area contributed by atoms with Gasteiger partial charge in [-0.2, -0.15) is 0 Å². The third-order valence-electron chi connectivity index (χ3n) is 5.38. The summed E-state index contributed by atoms with van der Waals surface area (Å²) in [5, 5.41) is 6.22. The lowest BCUT2D eigenvalue weighted by molar-refractivity contribution is -0.133. The Labute approximate surface area is 190 Å². The molecule has 0 unspecified atom stereocenters. The number of benzene rings is 1. The van der Waals surface area contributed by atoms with Gasteiger partial charge >= 0.3 is 0 Å². The van der Waals surface area contributed by atoms with E-state index in [0.717, 1.165) is 16.3 Å². The maximum absolute atomic E-state index is 12.7. The molecular weight excluding hydrogens is 432 g/mol. The van der Waals surface area contributed by atoms with Crippen LogP contribution in [0.25, 0.3) is 10.6 Å². The van der Waals surface area contributed by atoms with E-state index in [4.69, 9.17) is 11.6 Å². The van der Waals surface area contributed by atoms with Gasteiger partial charge in [0.1, 0.15) is 10.8 Å². The second-order valence-electron chi connectivity index (χ2n) is 7.69. The fraction of sp³-hybridized carbons (Fsp3) is 0.304. The lowest BCUT2D eigenvalue weighted by Crippen LogP contribution is -2.42. The Balaban J connectivity index is 1.28. The molecule has 4 rings (SSSR count). The summed E-state index contributed by atoms with van der Waals surface area (Å²) in [5.74, 6) is 0.345. The van der Waals surface area contributed by atoms with Gasteiger partial charge in [0.05, 0.1) is 17.1 Å². The number of nitrogens with one attached hydrogen (secondary N) is 1. The number of rotatable bonds is 5. The molecule has 0 aliphatic carbocycles. The van der Waals surface area contributed by atoms with Crippen LogP contribution in [0.3, 0.4) is 0 Å². The number of pyridine rings is 1. The van der Waals surface area contributed by atoms with E-state index in [2.05, 4.69) is 46.5 Å². The Morgan fingerprint density at radius 2 is 1.90 bits per heavy atom. The number of aromatic nitrogens is 2. The lowest BCUT2D eigenvalue weighted by Gasteiger charge is -2.31. The summed E-state index contributed by atoms with van der Waals surface area (Å²) < 4.78 is 0. The van der Waals surface area contributed by atoms with Crippen molar-refractivity contribution in [2.24, 2.45) is 5.92 Å². The molecule has 1 N–H and O–H groups in total. The SMILES string of the molecule is Cc1ccc(-c2nc(CC(=O)N3CCC(C(=O)Nc4ccc(Cl)cn4)CC3)cs2)cc1. The molecule has 3 aromatic rings. The predicted octanol–water partition coefficient (Wildman–Crippen LogP) is 4.59. The van der Waals surface area contributed by atoms with Crippen molar-refractivity contribution < 1.29 is 9.59 Å². The Morgan fingerprint density at radius 3 is 2.58 bits per heavy atom. The molecule has 0 saturated carbocycles. The molecule has 0 spiro atoms. The molecule has 3 heterocycles. The second kappa shape index (κ2) is 9.58. The molecule has 0 radical (unpaired) electrons. The van der Waals surface area contributed by atoms with E-state index in [9.17, 15) is 9.59 Å². The summed E-state index contributed by atoms with van der Waals surface area (Å²) in [7, 11) is 0. The van der Waals surface area contributed by atoms with Gasteiger partial charge < -0.3 is 10.2 Å². The smallest absolute Gasteiger partial charge is 0.228 e.